The Morgan fingerprint density at radius 1 is 1.09 bits per heavy atom. The van der Waals surface area contributed by atoms with E-state index in [0.29, 0.717) is 11.9 Å². The number of anilines is 2. The fourth-order valence-electron chi connectivity index (χ4n) is 4.58. The van der Waals surface area contributed by atoms with Crippen molar-refractivity contribution in [3.05, 3.63) is 59.5 Å². The van der Waals surface area contributed by atoms with E-state index in [4.69, 9.17) is 15.0 Å². The van der Waals surface area contributed by atoms with Crippen LogP contribution in [-0.2, 0) is 0 Å². The van der Waals surface area contributed by atoms with Crippen molar-refractivity contribution in [2.75, 3.05) is 17.2 Å². The molecule has 8 heteroatoms. The van der Waals surface area contributed by atoms with Gasteiger partial charge in [0.15, 0.2) is 0 Å². The lowest BCUT2D eigenvalue weighted by Crippen LogP contribution is -2.19. The van der Waals surface area contributed by atoms with E-state index < -0.39 is 0 Å². The van der Waals surface area contributed by atoms with Gasteiger partial charge in [-0.05, 0) is 57.6 Å². The summed E-state index contributed by atoms with van der Waals surface area (Å²) >= 11 is 1.63. The van der Waals surface area contributed by atoms with E-state index in [1.807, 2.05) is 13.0 Å². The van der Waals surface area contributed by atoms with Gasteiger partial charge in [-0.15, -0.1) is 11.3 Å². The van der Waals surface area contributed by atoms with Crippen molar-refractivity contribution in [2.24, 2.45) is 5.92 Å². The summed E-state index contributed by atoms with van der Waals surface area (Å²) in [5, 5.41) is 17.6. The Kier molecular flexibility index (Phi) is 6.43. The summed E-state index contributed by atoms with van der Waals surface area (Å²) in [5.74, 6) is 1.73. The summed E-state index contributed by atoms with van der Waals surface area (Å²) in [6.07, 6.45) is 6.56. The van der Waals surface area contributed by atoms with Gasteiger partial charge in [-0.3, -0.25) is 4.98 Å². The third kappa shape index (κ3) is 4.74. The lowest BCUT2D eigenvalue weighted by atomic mass is 10.1. The highest BCUT2D eigenvalue weighted by Crippen LogP contribution is 2.38. The molecule has 34 heavy (non-hydrogen) atoms. The van der Waals surface area contributed by atoms with Crippen LogP contribution in [0.4, 0.5) is 11.8 Å². The van der Waals surface area contributed by atoms with Gasteiger partial charge in [0, 0.05) is 18.8 Å². The molecule has 3 aromatic heterocycles. The van der Waals surface area contributed by atoms with E-state index in [9.17, 15) is 5.11 Å². The number of rotatable bonds is 7. The van der Waals surface area contributed by atoms with Crippen molar-refractivity contribution in [1.29, 1.82) is 0 Å². The molecule has 5 rings (SSSR count). The maximum absolute atomic E-state index is 9.60. The topological polar surface area (TPSA) is 95.9 Å². The molecule has 4 aromatic rings. The zero-order chi connectivity index (χ0) is 23.7. The average molecular weight is 475 g/mol. The van der Waals surface area contributed by atoms with Crippen LogP contribution in [0.3, 0.4) is 0 Å². The van der Waals surface area contributed by atoms with Gasteiger partial charge in [0.25, 0.3) is 0 Å². The Morgan fingerprint density at radius 3 is 2.65 bits per heavy atom. The van der Waals surface area contributed by atoms with Crippen LogP contribution in [0.25, 0.3) is 20.8 Å². The fourth-order valence-corrected chi connectivity index (χ4v) is 5.61. The number of nitrogens with zero attached hydrogens (tertiary/aromatic N) is 4. The van der Waals surface area contributed by atoms with Crippen LogP contribution in [0.5, 0.6) is 0 Å². The summed E-state index contributed by atoms with van der Waals surface area (Å²) in [5.41, 5.74) is 5.11. The van der Waals surface area contributed by atoms with Crippen molar-refractivity contribution in [3.63, 3.8) is 0 Å². The van der Waals surface area contributed by atoms with Crippen LogP contribution in [0.15, 0.2) is 42.7 Å². The lowest BCUT2D eigenvalue weighted by molar-refractivity contribution is 0.229. The second-order valence-electron chi connectivity index (χ2n) is 9.20. The molecule has 0 unspecified atom stereocenters. The standard InChI is InChI=1S/C26H30N6OS/c1-15-4-7-19(8-5-15)16(2)28-26-29-17(3)23(25-31-21-13-27-11-10-22(21)34-25)24(32-26)30-20-9-6-18(12-20)14-33/h4-5,7-8,10-11,13,16,18,20,33H,6,9,12,14H2,1-3H3,(H2,28,29,30,32)/t16-,18-,20+/m1/s1. The minimum atomic E-state index is 0.0671. The van der Waals surface area contributed by atoms with E-state index in [-0.39, 0.29) is 18.7 Å². The molecule has 0 saturated heterocycles. The minimum absolute atomic E-state index is 0.0671. The maximum atomic E-state index is 9.60. The second-order valence-corrected chi connectivity index (χ2v) is 10.2. The zero-order valence-electron chi connectivity index (χ0n) is 19.7. The van der Waals surface area contributed by atoms with E-state index in [2.05, 4.69) is 53.7 Å². The van der Waals surface area contributed by atoms with E-state index in [1.165, 1.54) is 11.1 Å². The summed E-state index contributed by atoms with van der Waals surface area (Å²) in [6.45, 7) is 6.46. The van der Waals surface area contributed by atoms with E-state index in [1.54, 1.807) is 23.7 Å². The number of thiazole rings is 1. The number of hydrogen-bond acceptors (Lipinski definition) is 8. The molecule has 7 nitrogen and oxygen atoms in total. The Hall–Kier alpha value is -3.10. The first kappa shape index (κ1) is 22.7. The maximum Gasteiger partial charge on any atom is 0.225 e. The predicted octanol–water partition coefficient (Wildman–Crippen LogP) is 5.51. The second kappa shape index (κ2) is 9.64. The van der Waals surface area contributed by atoms with Crippen molar-refractivity contribution in [2.45, 2.75) is 52.1 Å². The number of benzene rings is 1. The number of pyridine rings is 1. The normalized spacial score (nSPS) is 18.8. The van der Waals surface area contributed by atoms with Crippen LogP contribution < -0.4 is 10.6 Å². The molecule has 1 aliphatic rings. The number of aryl methyl sites for hydroxylation is 2. The number of aliphatic hydroxyl groups is 1. The molecular formula is C26H30N6OS. The molecule has 1 fully saturated rings. The third-order valence-corrected chi connectivity index (χ3v) is 7.61. The predicted molar refractivity (Wildman–Crippen MR) is 138 cm³/mol. The van der Waals surface area contributed by atoms with Gasteiger partial charge in [-0.2, -0.15) is 4.98 Å². The Balaban J connectivity index is 1.50. The van der Waals surface area contributed by atoms with Crippen molar-refractivity contribution in [1.82, 2.24) is 19.9 Å². The number of fused-ring (bicyclic) bond motifs is 1. The Morgan fingerprint density at radius 2 is 1.91 bits per heavy atom. The van der Waals surface area contributed by atoms with Crippen LogP contribution in [0, 0.1) is 19.8 Å². The van der Waals surface area contributed by atoms with Crippen molar-refractivity contribution < 1.29 is 5.11 Å². The Labute approximate surface area is 203 Å². The van der Waals surface area contributed by atoms with Crippen LogP contribution >= 0.6 is 11.3 Å². The molecule has 0 radical (unpaired) electrons. The van der Waals surface area contributed by atoms with E-state index in [0.717, 1.165) is 51.6 Å². The molecular weight excluding hydrogens is 444 g/mol. The van der Waals surface area contributed by atoms with Gasteiger partial charge in [0.05, 0.1) is 28.2 Å². The SMILES string of the molecule is Cc1ccc([C@@H](C)Nc2nc(C)c(-c3nc4cnccc4s3)c(N[C@H]3CC[C@@H](CO)C3)n2)cc1. The zero-order valence-corrected chi connectivity index (χ0v) is 20.6. The molecule has 176 valence electrons. The summed E-state index contributed by atoms with van der Waals surface area (Å²) < 4.78 is 1.09. The molecule has 3 heterocycles. The Bertz CT molecular complexity index is 1260. The molecule has 0 amide bonds. The molecule has 3 atom stereocenters. The van der Waals surface area contributed by atoms with Gasteiger partial charge in [0.1, 0.15) is 16.3 Å². The highest BCUT2D eigenvalue weighted by Gasteiger charge is 2.27. The molecule has 1 aliphatic carbocycles. The van der Waals surface area contributed by atoms with Gasteiger partial charge in [0.2, 0.25) is 5.95 Å². The molecule has 1 aromatic carbocycles. The third-order valence-electron chi connectivity index (χ3n) is 6.56. The van der Waals surface area contributed by atoms with Crippen molar-refractivity contribution >= 4 is 33.3 Å². The number of aliphatic hydroxyl groups excluding tert-OH is 1. The van der Waals surface area contributed by atoms with E-state index >= 15 is 0 Å². The van der Waals surface area contributed by atoms with Gasteiger partial charge in [-0.1, -0.05) is 29.8 Å². The lowest BCUT2D eigenvalue weighted by Gasteiger charge is -2.20. The molecule has 0 spiro atoms. The summed E-state index contributed by atoms with van der Waals surface area (Å²) in [4.78, 5) is 18.8. The largest absolute Gasteiger partial charge is 0.396 e. The van der Waals surface area contributed by atoms with Crippen molar-refractivity contribution in [3.8, 4) is 10.6 Å². The highest BCUT2D eigenvalue weighted by atomic mass is 32.1. The van der Waals surface area contributed by atoms with Crippen LogP contribution in [-0.4, -0.2) is 37.7 Å². The highest BCUT2D eigenvalue weighted by molar-refractivity contribution is 7.21. The van der Waals surface area contributed by atoms with Gasteiger partial charge >= 0.3 is 0 Å². The van der Waals surface area contributed by atoms with Gasteiger partial charge < -0.3 is 15.7 Å². The molecule has 3 N–H and O–H groups in total. The van der Waals surface area contributed by atoms with Gasteiger partial charge in [-0.25, -0.2) is 9.97 Å². The summed E-state index contributed by atoms with van der Waals surface area (Å²) in [6, 6.07) is 10.8. The smallest absolute Gasteiger partial charge is 0.225 e. The van der Waals surface area contributed by atoms with Crippen LogP contribution in [0.2, 0.25) is 0 Å². The number of hydrogen-bond donors (Lipinski definition) is 3. The first-order chi connectivity index (χ1) is 16.5. The number of aromatic nitrogens is 4. The minimum Gasteiger partial charge on any atom is -0.396 e. The number of nitrogens with one attached hydrogen (secondary N) is 2. The molecule has 0 aliphatic heterocycles. The molecule has 1 saturated carbocycles. The van der Waals surface area contributed by atoms with Crippen LogP contribution in [0.1, 0.15) is 49.0 Å². The fraction of sp³-hybridized carbons (Fsp3) is 0.385. The first-order valence-electron chi connectivity index (χ1n) is 11.8. The summed E-state index contributed by atoms with van der Waals surface area (Å²) in [7, 11) is 0. The quantitative estimate of drug-likeness (QED) is 0.325. The molecule has 0 bridgehead atoms. The average Bonchev–Trinajstić information content (AvgIpc) is 3.45. The monoisotopic (exact) mass is 474 g/mol. The first-order valence-corrected chi connectivity index (χ1v) is 12.6.